The number of benzene rings is 1. The molecule has 0 spiro atoms. The summed E-state index contributed by atoms with van der Waals surface area (Å²) in [6.07, 6.45) is 3.39. The van der Waals surface area contributed by atoms with Gasteiger partial charge in [0.25, 0.3) is 0 Å². The van der Waals surface area contributed by atoms with Crippen molar-refractivity contribution in [1.82, 2.24) is 14.6 Å². The molecule has 4 heteroatoms. The molecule has 0 unspecified atom stereocenters. The highest BCUT2D eigenvalue weighted by molar-refractivity contribution is 5.76. The fourth-order valence-corrected chi connectivity index (χ4v) is 2.13. The summed E-state index contributed by atoms with van der Waals surface area (Å²) in [5.41, 5.74) is 3.79. The van der Waals surface area contributed by atoms with E-state index in [0.29, 0.717) is 11.2 Å². The summed E-state index contributed by atoms with van der Waals surface area (Å²) in [5.74, 6) is 0.877. The largest absolute Gasteiger partial charge is 0.298 e. The topological polar surface area (TPSA) is 47.3 Å². The van der Waals surface area contributed by atoms with Gasteiger partial charge in [0.1, 0.15) is 12.1 Å². The molecular weight excluding hydrogens is 238 g/mol. The molecule has 0 N–H and O–H groups in total. The first-order valence-corrected chi connectivity index (χ1v) is 6.11. The van der Waals surface area contributed by atoms with Crippen molar-refractivity contribution in [2.24, 2.45) is 0 Å². The molecule has 0 atom stereocenters. The van der Waals surface area contributed by atoms with E-state index in [1.807, 2.05) is 22.7 Å². The predicted octanol–water partition coefficient (Wildman–Crippen LogP) is 2.44. The zero-order valence-electron chi connectivity index (χ0n) is 10.6. The average Bonchev–Trinajstić information content (AvgIpc) is 2.83. The molecule has 0 bridgehead atoms. The molecule has 0 aliphatic heterocycles. The third kappa shape index (κ3) is 2.12. The van der Waals surface area contributed by atoms with Crippen molar-refractivity contribution in [3.8, 4) is 0 Å². The fourth-order valence-electron chi connectivity index (χ4n) is 2.13. The van der Waals surface area contributed by atoms with E-state index in [9.17, 15) is 4.79 Å². The molecule has 2 aromatic heterocycles. The highest BCUT2D eigenvalue weighted by atomic mass is 16.1. The van der Waals surface area contributed by atoms with Crippen molar-refractivity contribution >= 4 is 11.9 Å². The molecular formula is C15H13N3O. The van der Waals surface area contributed by atoms with Crippen LogP contribution in [0.15, 0.2) is 42.6 Å². The summed E-state index contributed by atoms with van der Waals surface area (Å²) in [7, 11) is 0. The standard InChI is InChI=1S/C15H13N3O/c1-11-4-2-3-5-13(11)9-15-17-16-14-8-12(10-19)6-7-18(14)15/h2-8,10H,9H2,1H3. The molecule has 0 aliphatic rings. The van der Waals surface area contributed by atoms with Gasteiger partial charge in [0.2, 0.25) is 0 Å². The minimum atomic E-state index is 0.613. The monoisotopic (exact) mass is 251 g/mol. The molecule has 19 heavy (non-hydrogen) atoms. The molecule has 3 aromatic rings. The first kappa shape index (κ1) is 11.6. The van der Waals surface area contributed by atoms with Crippen molar-refractivity contribution in [3.63, 3.8) is 0 Å². The molecule has 4 nitrogen and oxygen atoms in total. The van der Waals surface area contributed by atoms with Gasteiger partial charge in [-0.15, -0.1) is 10.2 Å². The highest BCUT2D eigenvalue weighted by Gasteiger charge is 2.08. The van der Waals surface area contributed by atoms with Crippen LogP contribution in [0.5, 0.6) is 0 Å². The maximum Gasteiger partial charge on any atom is 0.161 e. The zero-order valence-corrected chi connectivity index (χ0v) is 10.6. The zero-order chi connectivity index (χ0) is 13.2. The number of fused-ring (bicyclic) bond motifs is 1. The van der Waals surface area contributed by atoms with E-state index in [-0.39, 0.29) is 0 Å². The number of carbonyl (C=O) groups is 1. The first-order chi connectivity index (χ1) is 9.28. The Balaban J connectivity index is 2.02. The second-order valence-corrected chi connectivity index (χ2v) is 4.53. The third-order valence-corrected chi connectivity index (χ3v) is 3.25. The molecule has 2 heterocycles. The van der Waals surface area contributed by atoms with Gasteiger partial charge in [-0.2, -0.15) is 0 Å². The van der Waals surface area contributed by atoms with Gasteiger partial charge in [0, 0.05) is 18.2 Å². The van der Waals surface area contributed by atoms with E-state index in [1.54, 1.807) is 12.1 Å². The van der Waals surface area contributed by atoms with Crippen LogP contribution in [0.3, 0.4) is 0 Å². The molecule has 0 radical (unpaired) electrons. The molecule has 0 amide bonds. The van der Waals surface area contributed by atoms with Crippen molar-refractivity contribution in [1.29, 1.82) is 0 Å². The Labute approximate surface area is 110 Å². The molecule has 0 aliphatic carbocycles. The molecule has 3 rings (SSSR count). The molecule has 0 saturated carbocycles. The minimum absolute atomic E-state index is 0.613. The smallest absolute Gasteiger partial charge is 0.161 e. The van der Waals surface area contributed by atoms with Crippen LogP contribution in [0.4, 0.5) is 0 Å². The van der Waals surface area contributed by atoms with E-state index in [0.717, 1.165) is 18.5 Å². The van der Waals surface area contributed by atoms with Gasteiger partial charge in [0.15, 0.2) is 5.65 Å². The number of nitrogens with zero attached hydrogens (tertiary/aromatic N) is 3. The molecule has 94 valence electrons. The van der Waals surface area contributed by atoms with Gasteiger partial charge in [-0.25, -0.2) is 0 Å². The van der Waals surface area contributed by atoms with E-state index in [1.165, 1.54) is 11.1 Å². The lowest BCUT2D eigenvalue weighted by atomic mass is 10.1. The Kier molecular flexibility index (Phi) is 2.83. The van der Waals surface area contributed by atoms with Crippen LogP contribution in [0.25, 0.3) is 5.65 Å². The number of carbonyl (C=O) groups excluding carboxylic acids is 1. The summed E-state index contributed by atoms with van der Waals surface area (Å²) < 4.78 is 1.92. The normalized spacial score (nSPS) is 10.8. The maximum absolute atomic E-state index is 10.7. The lowest BCUT2D eigenvalue weighted by Gasteiger charge is -2.04. The summed E-state index contributed by atoms with van der Waals surface area (Å²) in [6, 6.07) is 11.7. The SMILES string of the molecule is Cc1ccccc1Cc1nnc2cc(C=O)ccn12. The Hall–Kier alpha value is -2.49. The first-order valence-electron chi connectivity index (χ1n) is 6.11. The van der Waals surface area contributed by atoms with Crippen LogP contribution in [-0.4, -0.2) is 20.9 Å². The summed E-state index contributed by atoms with van der Waals surface area (Å²) in [6.45, 7) is 2.09. The third-order valence-electron chi connectivity index (χ3n) is 3.25. The number of aromatic nitrogens is 3. The fraction of sp³-hybridized carbons (Fsp3) is 0.133. The van der Waals surface area contributed by atoms with Crippen LogP contribution in [0.1, 0.15) is 27.3 Å². The predicted molar refractivity (Wildman–Crippen MR) is 72.4 cm³/mol. The number of hydrogen-bond donors (Lipinski definition) is 0. The van der Waals surface area contributed by atoms with Gasteiger partial charge in [-0.05, 0) is 30.2 Å². The van der Waals surface area contributed by atoms with Gasteiger partial charge in [-0.1, -0.05) is 24.3 Å². The van der Waals surface area contributed by atoms with Crippen LogP contribution < -0.4 is 0 Å². The Morgan fingerprint density at radius 1 is 1.21 bits per heavy atom. The second kappa shape index (κ2) is 4.65. The lowest BCUT2D eigenvalue weighted by Crippen LogP contribution is -1.98. The minimum Gasteiger partial charge on any atom is -0.298 e. The van der Waals surface area contributed by atoms with Crippen molar-refractivity contribution in [2.45, 2.75) is 13.3 Å². The Morgan fingerprint density at radius 2 is 2.05 bits per heavy atom. The second-order valence-electron chi connectivity index (χ2n) is 4.53. The van der Waals surface area contributed by atoms with Crippen LogP contribution in [-0.2, 0) is 6.42 Å². The quantitative estimate of drug-likeness (QED) is 0.672. The van der Waals surface area contributed by atoms with E-state index in [2.05, 4.69) is 29.3 Å². The maximum atomic E-state index is 10.7. The van der Waals surface area contributed by atoms with Gasteiger partial charge in [0.05, 0.1) is 0 Å². The summed E-state index contributed by atoms with van der Waals surface area (Å²) in [4.78, 5) is 10.7. The van der Waals surface area contributed by atoms with E-state index < -0.39 is 0 Å². The number of aryl methyl sites for hydroxylation is 1. The van der Waals surface area contributed by atoms with Gasteiger partial charge in [-0.3, -0.25) is 9.20 Å². The highest BCUT2D eigenvalue weighted by Crippen LogP contribution is 2.13. The molecule has 0 saturated heterocycles. The average molecular weight is 251 g/mol. The summed E-state index contributed by atoms with van der Waals surface area (Å²) >= 11 is 0. The number of rotatable bonds is 3. The van der Waals surface area contributed by atoms with Crippen LogP contribution >= 0.6 is 0 Å². The van der Waals surface area contributed by atoms with Crippen LogP contribution in [0, 0.1) is 6.92 Å². The summed E-state index contributed by atoms with van der Waals surface area (Å²) in [5, 5.41) is 8.31. The molecule has 1 aromatic carbocycles. The van der Waals surface area contributed by atoms with Crippen molar-refractivity contribution in [3.05, 3.63) is 65.1 Å². The molecule has 0 fully saturated rings. The number of aldehydes is 1. The number of hydrogen-bond acceptors (Lipinski definition) is 3. The van der Waals surface area contributed by atoms with Gasteiger partial charge < -0.3 is 0 Å². The number of pyridine rings is 1. The Morgan fingerprint density at radius 3 is 2.84 bits per heavy atom. The van der Waals surface area contributed by atoms with E-state index >= 15 is 0 Å². The Bertz CT molecular complexity index is 746. The van der Waals surface area contributed by atoms with Crippen molar-refractivity contribution in [2.75, 3.05) is 0 Å². The van der Waals surface area contributed by atoms with Gasteiger partial charge >= 0.3 is 0 Å². The lowest BCUT2D eigenvalue weighted by molar-refractivity contribution is 0.112. The van der Waals surface area contributed by atoms with Crippen molar-refractivity contribution < 1.29 is 4.79 Å². The van der Waals surface area contributed by atoms with Crippen LogP contribution in [0.2, 0.25) is 0 Å². The van der Waals surface area contributed by atoms with E-state index in [4.69, 9.17) is 0 Å².